The van der Waals surface area contributed by atoms with Gasteiger partial charge in [0, 0.05) is 12.8 Å². The zero-order valence-corrected chi connectivity index (χ0v) is 19.2. The van der Waals surface area contributed by atoms with Crippen LogP contribution in [-0.2, 0) is 0 Å². The van der Waals surface area contributed by atoms with Crippen LogP contribution >= 0.6 is 0 Å². The molecule has 0 unspecified atom stereocenters. The molecule has 7 heteroatoms. The summed E-state index contributed by atoms with van der Waals surface area (Å²) in [5.41, 5.74) is 1.59. The Morgan fingerprint density at radius 2 is 1.77 bits per heavy atom. The summed E-state index contributed by atoms with van der Waals surface area (Å²) >= 11 is 0. The van der Waals surface area contributed by atoms with Gasteiger partial charge in [-0.15, -0.1) is 0 Å². The fourth-order valence-electron chi connectivity index (χ4n) is 5.44. The minimum atomic E-state index is -0.696. The SMILES string of the molecule is Cc1cc(C)c(-n2c(O)c(C=NC[C@@]3(C)C[C@@H](O)CC(C)(C)C3)c(=O)[nH]c2=O)c(C)c1. The summed E-state index contributed by atoms with van der Waals surface area (Å²) in [6.45, 7) is 12.4. The molecular formula is C24H33N3O4. The van der Waals surface area contributed by atoms with E-state index < -0.39 is 17.1 Å². The number of aryl methyl sites for hydroxylation is 3. The summed E-state index contributed by atoms with van der Waals surface area (Å²) in [6.07, 6.45) is 3.25. The van der Waals surface area contributed by atoms with E-state index in [2.05, 4.69) is 30.7 Å². The average molecular weight is 428 g/mol. The third-order valence-corrected chi connectivity index (χ3v) is 6.10. The van der Waals surface area contributed by atoms with E-state index in [4.69, 9.17) is 0 Å². The highest BCUT2D eigenvalue weighted by Crippen LogP contribution is 2.46. The number of aromatic amines is 1. The number of aliphatic hydroxyl groups excluding tert-OH is 1. The zero-order valence-electron chi connectivity index (χ0n) is 19.2. The molecular weight excluding hydrogens is 394 g/mol. The minimum absolute atomic E-state index is 0.00920. The molecule has 1 fully saturated rings. The second-order valence-electron chi connectivity index (χ2n) is 10.3. The first kappa shape index (κ1) is 23.0. The van der Waals surface area contributed by atoms with Crippen LogP contribution in [0.1, 0.15) is 62.3 Å². The lowest BCUT2D eigenvalue weighted by atomic mass is 9.63. The van der Waals surface area contributed by atoms with Crippen LogP contribution in [0.5, 0.6) is 5.88 Å². The van der Waals surface area contributed by atoms with Crippen LogP contribution in [0.3, 0.4) is 0 Å². The van der Waals surface area contributed by atoms with Gasteiger partial charge >= 0.3 is 5.69 Å². The monoisotopic (exact) mass is 427 g/mol. The second-order valence-corrected chi connectivity index (χ2v) is 10.3. The molecule has 1 heterocycles. The van der Waals surface area contributed by atoms with Gasteiger partial charge in [0.25, 0.3) is 5.56 Å². The number of benzene rings is 1. The topological polar surface area (TPSA) is 108 Å². The number of hydrogen-bond donors (Lipinski definition) is 3. The number of aliphatic hydroxyl groups is 1. The second kappa shape index (κ2) is 8.11. The van der Waals surface area contributed by atoms with Crippen LogP contribution in [0, 0.1) is 31.6 Å². The molecule has 0 spiro atoms. The number of nitrogens with one attached hydrogen (secondary N) is 1. The van der Waals surface area contributed by atoms with Crippen molar-refractivity contribution in [2.75, 3.05) is 6.54 Å². The maximum Gasteiger partial charge on any atom is 0.335 e. The van der Waals surface area contributed by atoms with Gasteiger partial charge in [0.15, 0.2) is 0 Å². The van der Waals surface area contributed by atoms with Gasteiger partial charge in [-0.2, -0.15) is 0 Å². The van der Waals surface area contributed by atoms with Crippen molar-refractivity contribution < 1.29 is 10.2 Å². The quantitative estimate of drug-likeness (QED) is 0.652. The molecule has 0 saturated heterocycles. The third kappa shape index (κ3) is 4.82. The maximum absolute atomic E-state index is 12.6. The zero-order chi connectivity index (χ0) is 23.1. The van der Waals surface area contributed by atoms with Gasteiger partial charge in [0.2, 0.25) is 5.88 Å². The summed E-state index contributed by atoms with van der Waals surface area (Å²) in [7, 11) is 0. The molecule has 0 radical (unpaired) electrons. The maximum atomic E-state index is 12.6. The summed E-state index contributed by atoms with van der Waals surface area (Å²) in [4.78, 5) is 31.7. The molecule has 3 N–H and O–H groups in total. The largest absolute Gasteiger partial charge is 0.493 e. The van der Waals surface area contributed by atoms with Crippen LogP contribution in [0.25, 0.3) is 5.69 Å². The van der Waals surface area contributed by atoms with E-state index in [1.807, 2.05) is 32.9 Å². The predicted octanol–water partition coefficient (Wildman–Crippen LogP) is 3.15. The molecule has 31 heavy (non-hydrogen) atoms. The van der Waals surface area contributed by atoms with E-state index >= 15 is 0 Å². The number of aliphatic imine (C=N–C) groups is 1. The molecule has 0 amide bonds. The summed E-state index contributed by atoms with van der Waals surface area (Å²) in [6, 6.07) is 3.84. The van der Waals surface area contributed by atoms with Crippen LogP contribution in [0.15, 0.2) is 26.7 Å². The van der Waals surface area contributed by atoms with Crippen molar-refractivity contribution >= 4 is 6.21 Å². The molecule has 7 nitrogen and oxygen atoms in total. The van der Waals surface area contributed by atoms with Gasteiger partial charge in [-0.3, -0.25) is 14.8 Å². The molecule has 2 aromatic rings. The molecule has 1 aromatic carbocycles. The minimum Gasteiger partial charge on any atom is -0.493 e. The van der Waals surface area contributed by atoms with Crippen molar-refractivity contribution in [3.05, 3.63) is 55.2 Å². The van der Waals surface area contributed by atoms with Gasteiger partial charge in [0.1, 0.15) is 5.56 Å². The van der Waals surface area contributed by atoms with Crippen molar-refractivity contribution in [1.82, 2.24) is 9.55 Å². The van der Waals surface area contributed by atoms with Crippen molar-refractivity contribution in [3.63, 3.8) is 0 Å². The van der Waals surface area contributed by atoms with Crippen molar-refractivity contribution in [3.8, 4) is 11.6 Å². The van der Waals surface area contributed by atoms with E-state index in [9.17, 15) is 19.8 Å². The Balaban J connectivity index is 2.00. The molecule has 1 aromatic heterocycles. The van der Waals surface area contributed by atoms with Crippen molar-refractivity contribution in [2.24, 2.45) is 15.8 Å². The highest BCUT2D eigenvalue weighted by atomic mass is 16.3. The number of hydrogen-bond acceptors (Lipinski definition) is 5. The first-order chi connectivity index (χ1) is 14.3. The van der Waals surface area contributed by atoms with E-state index in [0.29, 0.717) is 18.7 Å². The van der Waals surface area contributed by atoms with Crippen LogP contribution in [0.2, 0.25) is 0 Å². The van der Waals surface area contributed by atoms with Crippen LogP contribution < -0.4 is 11.2 Å². The Kier molecular flexibility index (Phi) is 6.02. The van der Waals surface area contributed by atoms with Gasteiger partial charge in [-0.05, 0) is 62.0 Å². The summed E-state index contributed by atoms with van der Waals surface area (Å²) in [5.74, 6) is -0.429. The Morgan fingerprint density at radius 3 is 2.35 bits per heavy atom. The molecule has 0 bridgehead atoms. The Hall–Kier alpha value is -2.67. The number of aromatic hydroxyl groups is 1. The lowest BCUT2D eigenvalue weighted by Gasteiger charge is -2.44. The summed E-state index contributed by atoms with van der Waals surface area (Å²) < 4.78 is 1.13. The number of aromatic nitrogens is 2. The standard InChI is InChI=1S/C24H33N3O4/c1-14-7-15(2)19(16(3)8-14)27-21(30)18(20(29)26-22(27)31)11-25-13-24(6)10-17(28)9-23(4,5)12-24/h7-8,11,17,28,30H,9-10,12-13H2,1-6H3,(H,26,29,31)/t17-,24-/m0/s1. The van der Waals surface area contributed by atoms with Gasteiger partial charge in [0.05, 0.1) is 11.8 Å². The fraction of sp³-hybridized carbons (Fsp3) is 0.542. The predicted molar refractivity (Wildman–Crippen MR) is 123 cm³/mol. The smallest absolute Gasteiger partial charge is 0.335 e. The highest BCUT2D eigenvalue weighted by molar-refractivity contribution is 5.82. The number of H-pyrrole nitrogens is 1. The third-order valence-electron chi connectivity index (χ3n) is 6.10. The first-order valence-electron chi connectivity index (χ1n) is 10.7. The van der Waals surface area contributed by atoms with Crippen molar-refractivity contribution in [2.45, 2.75) is 66.9 Å². The van der Waals surface area contributed by atoms with E-state index in [-0.39, 0.29) is 22.5 Å². The van der Waals surface area contributed by atoms with Crippen molar-refractivity contribution in [1.29, 1.82) is 0 Å². The molecule has 0 aliphatic heterocycles. The molecule has 2 atom stereocenters. The fourth-order valence-corrected chi connectivity index (χ4v) is 5.44. The Labute approximate surface area is 182 Å². The van der Waals surface area contributed by atoms with Crippen LogP contribution in [-0.4, -0.2) is 38.6 Å². The first-order valence-corrected chi connectivity index (χ1v) is 10.7. The molecule has 1 aliphatic rings. The van der Waals surface area contributed by atoms with Gasteiger partial charge < -0.3 is 10.2 Å². The Morgan fingerprint density at radius 1 is 1.16 bits per heavy atom. The molecule has 3 rings (SSSR count). The van der Waals surface area contributed by atoms with E-state index in [0.717, 1.165) is 34.1 Å². The molecule has 168 valence electrons. The van der Waals surface area contributed by atoms with E-state index in [1.54, 1.807) is 0 Å². The van der Waals surface area contributed by atoms with Gasteiger partial charge in [-0.1, -0.05) is 38.5 Å². The lowest BCUT2D eigenvalue weighted by molar-refractivity contribution is -0.00472. The van der Waals surface area contributed by atoms with Gasteiger partial charge in [-0.25, -0.2) is 9.36 Å². The lowest BCUT2D eigenvalue weighted by Crippen LogP contribution is -2.40. The Bertz CT molecular complexity index is 1120. The number of nitrogens with zero attached hydrogens (tertiary/aromatic N) is 2. The molecule has 1 aliphatic carbocycles. The summed E-state index contributed by atoms with van der Waals surface area (Å²) in [5, 5.41) is 21.1. The normalized spacial score (nSPS) is 23.4. The van der Waals surface area contributed by atoms with E-state index in [1.165, 1.54) is 6.21 Å². The van der Waals surface area contributed by atoms with Crippen LogP contribution in [0.4, 0.5) is 0 Å². The average Bonchev–Trinajstić information content (AvgIpc) is 2.57. The molecule has 1 saturated carbocycles. The number of rotatable bonds is 4. The highest BCUT2D eigenvalue weighted by Gasteiger charge is 2.40.